The highest BCUT2D eigenvalue weighted by atomic mass is 35.5. The average molecular weight is 408 g/mol. The molecule has 1 aromatic carbocycles. The molecule has 27 heavy (non-hydrogen) atoms. The van der Waals surface area contributed by atoms with Gasteiger partial charge in [0.1, 0.15) is 10.8 Å². The molecule has 0 radical (unpaired) electrons. The number of thiophene rings is 1. The first-order valence-electron chi connectivity index (χ1n) is 8.67. The van der Waals surface area contributed by atoms with Crippen molar-refractivity contribution < 1.29 is 18.7 Å². The number of esters is 1. The Balaban J connectivity index is 1.85. The number of hydrogen-bond donors (Lipinski definition) is 1. The summed E-state index contributed by atoms with van der Waals surface area (Å²) in [7, 11) is 1.33. The fourth-order valence-corrected chi connectivity index (χ4v) is 4.64. The third-order valence-electron chi connectivity index (χ3n) is 4.45. The van der Waals surface area contributed by atoms with Crippen LogP contribution in [0.15, 0.2) is 24.3 Å². The van der Waals surface area contributed by atoms with Crippen molar-refractivity contribution in [1.29, 1.82) is 0 Å². The van der Waals surface area contributed by atoms with Crippen molar-refractivity contribution >= 4 is 45.9 Å². The summed E-state index contributed by atoms with van der Waals surface area (Å²) in [5.74, 6) is -1.42. The van der Waals surface area contributed by atoms with Crippen molar-refractivity contribution in [1.82, 2.24) is 0 Å². The molecule has 142 valence electrons. The van der Waals surface area contributed by atoms with Gasteiger partial charge in [-0.3, -0.25) is 4.79 Å². The summed E-state index contributed by atoms with van der Waals surface area (Å²) in [4.78, 5) is 25.7. The van der Waals surface area contributed by atoms with E-state index in [0.717, 1.165) is 42.5 Å². The van der Waals surface area contributed by atoms with Crippen LogP contribution in [0.25, 0.3) is 6.08 Å². The Morgan fingerprint density at radius 2 is 2.04 bits per heavy atom. The lowest BCUT2D eigenvalue weighted by molar-refractivity contribution is -0.111. The Morgan fingerprint density at radius 3 is 2.78 bits per heavy atom. The van der Waals surface area contributed by atoms with Crippen LogP contribution in [0.5, 0.6) is 0 Å². The van der Waals surface area contributed by atoms with E-state index in [-0.39, 0.29) is 10.6 Å². The summed E-state index contributed by atoms with van der Waals surface area (Å²) in [6, 6.07) is 4.32. The number of halogens is 2. The minimum atomic E-state index is -0.510. The van der Waals surface area contributed by atoms with Gasteiger partial charge in [0.2, 0.25) is 5.91 Å². The zero-order valence-electron chi connectivity index (χ0n) is 14.8. The number of ether oxygens (including phenoxy) is 1. The fourth-order valence-electron chi connectivity index (χ4n) is 3.13. The van der Waals surface area contributed by atoms with Crippen LogP contribution in [-0.2, 0) is 22.4 Å². The Morgan fingerprint density at radius 1 is 1.26 bits per heavy atom. The molecule has 1 aromatic heterocycles. The van der Waals surface area contributed by atoms with Crippen molar-refractivity contribution in [2.45, 2.75) is 32.1 Å². The number of fused-ring (bicyclic) bond motifs is 1. The van der Waals surface area contributed by atoms with Crippen LogP contribution in [-0.4, -0.2) is 19.0 Å². The smallest absolute Gasteiger partial charge is 0.341 e. The van der Waals surface area contributed by atoms with Crippen LogP contribution >= 0.6 is 22.9 Å². The summed E-state index contributed by atoms with van der Waals surface area (Å²) < 4.78 is 18.7. The molecule has 0 saturated carbocycles. The second-order valence-corrected chi connectivity index (χ2v) is 7.73. The predicted octanol–water partition coefficient (Wildman–Crippen LogP) is 5.25. The molecule has 0 aliphatic heterocycles. The van der Waals surface area contributed by atoms with E-state index < -0.39 is 17.7 Å². The molecule has 0 atom stereocenters. The lowest BCUT2D eigenvalue weighted by Gasteiger charge is -2.06. The number of carbonyl (C=O) groups excluding carboxylic acids is 2. The van der Waals surface area contributed by atoms with Crippen LogP contribution < -0.4 is 5.32 Å². The van der Waals surface area contributed by atoms with Gasteiger partial charge in [-0.1, -0.05) is 24.1 Å². The van der Waals surface area contributed by atoms with Gasteiger partial charge in [-0.15, -0.1) is 11.3 Å². The standard InChI is InChI=1S/C20H19ClFNO3S/c1-26-20(25)18-13-6-3-2-4-9-16(13)27-19(18)23-17(24)11-10-12-14(21)7-5-8-15(12)22/h5,7-8,10-11H,2-4,6,9H2,1H3,(H,23,24)/b11-10+. The molecule has 2 aromatic rings. The maximum absolute atomic E-state index is 13.8. The quantitative estimate of drug-likeness (QED) is 0.428. The minimum absolute atomic E-state index is 0.143. The van der Waals surface area contributed by atoms with E-state index in [4.69, 9.17) is 16.3 Å². The largest absolute Gasteiger partial charge is 0.465 e. The highest BCUT2D eigenvalue weighted by Gasteiger charge is 2.25. The maximum atomic E-state index is 13.8. The minimum Gasteiger partial charge on any atom is -0.465 e. The molecule has 0 saturated heterocycles. The van der Waals surface area contributed by atoms with Gasteiger partial charge in [-0.25, -0.2) is 9.18 Å². The first-order valence-corrected chi connectivity index (χ1v) is 9.86. The van der Waals surface area contributed by atoms with Crippen molar-refractivity contribution in [3.63, 3.8) is 0 Å². The number of anilines is 1. The fraction of sp³-hybridized carbons (Fsp3) is 0.300. The number of aryl methyl sites for hydroxylation is 1. The highest BCUT2D eigenvalue weighted by molar-refractivity contribution is 7.17. The van der Waals surface area contributed by atoms with E-state index >= 15 is 0 Å². The number of carbonyl (C=O) groups is 2. The number of methoxy groups -OCH3 is 1. The van der Waals surface area contributed by atoms with E-state index in [2.05, 4.69) is 5.32 Å². The van der Waals surface area contributed by atoms with Gasteiger partial charge in [0.15, 0.2) is 0 Å². The van der Waals surface area contributed by atoms with Gasteiger partial charge >= 0.3 is 5.97 Å². The van der Waals surface area contributed by atoms with Crippen molar-refractivity contribution in [2.75, 3.05) is 12.4 Å². The predicted molar refractivity (Wildman–Crippen MR) is 106 cm³/mol. The first-order chi connectivity index (χ1) is 13.0. The van der Waals surface area contributed by atoms with Gasteiger partial charge in [-0.05, 0) is 49.5 Å². The van der Waals surface area contributed by atoms with E-state index in [0.29, 0.717) is 10.6 Å². The maximum Gasteiger partial charge on any atom is 0.341 e. The number of hydrogen-bond acceptors (Lipinski definition) is 4. The molecule has 0 unspecified atom stereocenters. The Bertz CT molecular complexity index is 887. The van der Waals surface area contributed by atoms with Crippen LogP contribution in [0.3, 0.4) is 0 Å². The van der Waals surface area contributed by atoms with E-state index in [1.54, 1.807) is 6.07 Å². The van der Waals surface area contributed by atoms with E-state index in [9.17, 15) is 14.0 Å². The van der Waals surface area contributed by atoms with E-state index in [1.807, 2.05) is 0 Å². The van der Waals surface area contributed by atoms with Gasteiger partial charge in [-0.2, -0.15) is 0 Å². The summed E-state index contributed by atoms with van der Waals surface area (Å²) in [5, 5.41) is 3.43. The SMILES string of the molecule is COC(=O)c1c(NC(=O)/C=C/c2c(F)cccc2Cl)sc2c1CCCCC2. The summed E-state index contributed by atoms with van der Waals surface area (Å²) >= 11 is 7.37. The Kier molecular flexibility index (Phi) is 6.29. The summed E-state index contributed by atoms with van der Waals surface area (Å²) in [6.45, 7) is 0. The molecule has 4 nitrogen and oxygen atoms in total. The Labute approximate surface area is 166 Å². The lowest BCUT2D eigenvalue weighted by Crippen LogP contribution is -2.12. The van der Waals surface area contributed by atoms with Crippen LogP contribution in [0, 0.1) is 5.82 Å². The topological polar surface area (TPSA) is 55.4 Å². The molecule has 3 rings (SSSR count). The van der Waals surface area contributed by atoms with Crippen molar-refractivity contribution in [3.05, 3.63) is 56.7 Å². The van der Waals surface area contributed by atoms with Gasteiger partial charge < -0.3 is 10.1 Å². The van der Waals surface area contributed by atoms with Crippen molar-refractivity contribution in [3.8, 4) is 0 Å². The highest BCUT2D eigenvalue weighted by Crippen LogP contribution is 2.38. The van der Waals surface area contributed by atoms with Crippen molar-refractivity contribution in [2.24, 2.45) is 0 Å². The molecular weight excluding hydrogens is 389 g/mol. The molecule has 1 amide bonds. The van der Waals surface area contributed by atoms with E-state index in [1.165, 1.54) is 42.7 Å². The van der Waals surface area contributed by atoms with Crippen LogP contribution in [0.4, 0.5) is 9.39 Å². The number of amides is 1. The third kappa shape index (κ3) is 4.39. The summed E-state index contributed by atoms with van der Waals surface area (Å²) in [5.41, 5.74) is 1.55. The third-order valence-corrected chi connectivity index (χ3v) is 5.99. The lowest BCUT2D eigenvalue weighted by atomic mass is 10.1. The Hall–Kier alpha value is -2.18. The molecule has 1 N–H and O–H groups in total. The second-order valence-electron chi connectivity index (χ2n) is 6.22. The molecule has 1 aliphatic rings. The zero-order chi connectivity index (χ0) is 19.4. The molecule has 0 fully saturated rings. The zero-order valence-corrected chi connectivity index (χ0v) is 16.4. The van der Waals surface area contributed by atoms with Gasteiger partial charge in [0, 0.05) is 16.5 Å². The summed E-state index contributed by atoms with van der Waals surface area (Å²) in [6.07, 6.45) is 7.41. The average Bonchev–Trinajstić information content (AvgIpc) is 2.81. The van der Waals surface area contributed by atoms with Crippen LogP contribution in [0.2, 0.25) is 5.02 Å². The molecule has 1 aliphatic carbocycles. The molecule has 1 heterocycles. The molecule has 7 heteroatoms. The number of rotatable bonds is 4. The normalized spacial score (nSPS) is 13.9. The monoisotopic (exact) mass is 407 g/mol. The second kappa shape index (κ2) is 8.67. The first kappa shape index (κ1) is 19.6. The van der Waals surface area contributed by atoms with Crippen LogP contribution in [0.1, 0.15) is 45.6 Å². The molecule has 0 bridgehead atoms. The number of benzene rings is 1. The number of nitrogens with one attached hydrogen (secondary N) is 1. The molecular formula is C20H19ClFNO3S. The van der Waals surface area contributed by atoms with Gasteiger partial charge in [0.05, 0.1) is 17.7 Å². The van der Waals surface area contributed by atoms with Gasteiger partial charge in [0.25, 0.3) is 0 Å². The molecule has 0 spiro atoms.